The van der Waals surface area contributed by atoms with Crippen LogP contribution in [0.1, 0.15) is 29.5 Å². The lowest BCUT2D eigenvalue weighted by molar-refractivity contribution is 0.419. The Hall–Kier alpha value is -1.13. The number of allylic oxidation sites excluding steroid dienone is 2. The van der Waals surface area contributed by atoms with Crippen molar-refractivity contribution < 1.29 is 4.39 Å². The monoisotopic (exact) mass is 421 g/mol. The van der Waals surface area contributed by atoms with Crippen molar-refractivity contribution in [3.8, 4) is 0 Å². The van der Waals surface area contributed by atoms with Crippen LogP contribution in [0.25, 0.3) is 0 Å². The Labute approximate surface area is 145 Å². The van der Waals surface area contributed by atoms with Crippen LogP contribution in [0.15, 0.2) is 57.5 Å². The van der Waals surface area contributed by atoms with Gasteiger partial charge < -0.3 is 5.32 Å². The number of nitrogens with one attached hydrogen (secondary N) is 1. The zero-order valence-electron chi connectivity index (χ0n) is 11.7. The molecule has 0 fully saturated rings. The fraction of sp³-hybridized carbons (Fsp3) is 0.222. The smallest absolute Gasteiger partial charge is 0.147 e. The third-order valence-electron chi connectivity index (χ3n) is 4.63. The molecule has 2 aliphatic rings. The summed E-state index contributed by atoms with van der Waals surface area (Å²) in [6, 6.07) is 11.9. The van der Waals surface area contributed by atoms with Crippen molar-refractivity contribution in [3.05, 3.63) is 74.4 Å². The number of hydrogen-bond donors (Lipinski definition) is 1. The van der Waals surface area contributed by atoms with Crippen molar-refractivity contribution in [1.29, 1.82) is 0 Å². The first-order valence-corrected chi connectivity index (χ1v) is 8.90. The third kappa shape index (κ3) is 2.24. The third-order valence-corrected chi connectivity index (χ3v) is 5.81. The van der Waals surface area contributed by atoms with Gasteiger partial charge in [0.15, 0.2) is 0 Å². The molecule has 0 radical (unpaired) electrons. The molecule has 1 heterocycles. The van der Waals surface area contributed by atoms with Gasteiger partial charge in [-0.3, -0.25) is 0 Å². The van der Waals surface area contributed by atoms with E-state index in [-0.39, 0.29) is 17.8 Å². The number of benzene rings is 2. The number of halogens is 3. The zero-order chi connectivity index (χ0) is 15.3. The molecule has 0 unspecified atom stereocenters. The molecule has 0 saturated carbocycles. The first kappa shape index (κ1) is 14.5. The zero-order valence-corrected chi connectivity index (χ0v) is 14.9. The van der Waals surface area contributed by atoms with Crippen LogP contribution < -0.4 is 5.32 Å². The molecule has 0 saturated heterocycles. The molecule has 1 aliphatic heterocycles. The maximum atomic E-state index is 14.5. The molecule has 0 spiro atoms. The van der Waals surface area contributed by atoms with Gasteiger partial charge in [-0.1, -0.05) is 62.2 Å². The molecule has 2 aromatic rings. The fourth-order valence-electron chi connectivity index (χ4n) is 3.66. The maximum Gasteiger partial charge on any atom is 0.147 e. The van der Waals surface area contributed by atoms with Crippen LogP contribution >= 0.6 is 31.9 Å². The maximum absolute atomic E-state index is 14.5. The predicted molar refractivity (Wildman–Crippen MR) is 94.6 cm³/mol. The summed E-state index contributed by atoms with van der Waals surface area (Å²) in [5.41, 5.74) is 2.87. The molecule has 4 heteroatoms. The van der Waals surface area contributed by atoms with Crippen molar-refractivity contribution in [2.45, 2.75) is 18.4 Å². The van der Waals surface area contributed by atoms with E-state index in [2.05, 4.69) is 55.4 Å². The van der Waals surface area contributed by atoms with E-state index < -0.39 is 0 Å². The molecule has 1 aliphatic carbocycles. The molecular weight excluding hydrogens is 409 g/mol. The molecule has 112 valence electrons. The van der Waals surface area contributed by atoms with E-state index in [1.807, 2.05) is 24.3 Å². The average molecular weight is 423 g/mol. The highest BCUT2D eigenvalue weighted by atomic mass is 79.9. The fourth-order valence-corrected chi connectivity index (χ4v) is 4.64. The Bertz CT molecular complexity index is 772. The largest absolute Gasteiger partial charge is 0.375 e. The van der Waals surface area contributed by atoms with Crippen molar-refractivity contribution in [1.82, 2.24) is 0 Å². The Morgan fingerprint density at radius 1 is 1.09 bits per heavy atom. The molecule has 0 bridgehead atoms. The average Bonchev–Trinajstić information content (AvgIpc) is 2.97. The minimum atomic E-state index is -0.194. The minimum absolute atomic E-state index is 0.110. The molecule has 1 nitrogen and oxygen atoms in total. The Kier molecular flexibility index (Phi) is 3.61. The second-order valence-electron chi connectivity index (χ2n) is 5.85. The molecule has 0 aromatic heterocycles. The normalized spacial score (nSPS) is 25.5. The van der Waals surface area contributed by atoms with Crippen molar-refractivity contribution in [2.75, 3.05) is 5.32 Å². The summed E-state index contributed by atoms with van der Waals surface area (Å²) in [4.78, 5) is 0. The summed E-state index contributed by atoms with van der Waals surface area (Å²) in [5, 5.41) is 3.46. The molecular formula is C18H14Br2FN. The second kappa shape index (κ2) is 5.50. The van der Waals surface area contributed by atoms with E-state index in [0.29, 0.717) is 11.6 Å². The summed E-state index contributed by atoms with van der Waals surface area (Å²) in [7, 11) is 0. The summed E-state index contributed by atoms with van der Waals surface area (Å²) in [5.74, 6) is 0.487. The Morgan fingerprint density at radius 2 is 1.91 bits per heavy atom. The SMILES string of the molecule is Fc1cc(Br)cc2c1N[C@H](c1ccccc1Br)[C@H]1CC=C[C@H]21. The number of anilines is 1. The number of rotatable bonds is 1. The van der Waals surface area contributed by atoms with Crippen molar-refractivity contribution in [2.24, 2.45) is 5.92 Å². The van der Waals surface area contributed by atoms with Crippen LogP contribution in [0.2, 0.25) is 0 Å². The van der Waals surface area contributed by atoms with Gasteiger partial charge in [0.1, 0.15) is 5.82 Å². The lowest BCUT2D eigenvalue weighted by Crippen LogP contribution is -2.30. The molecule has 1 N–H and O–H groups in total. The highest BCUT2D eigenvalue weighted by Gasteiger charge is 2.39. The standard InChI is InChI=1S/C18H14Br2FN/c19-10-8-14-11-5-3-6-12(11)17(22-18(14)16(21)9-10)13-4-1-2-7-15(13)20/h1-5,7-9,11-12,17,22H,6H2/t11-,12-,17-/m0/s1. The Morgan fingerprint density at radius 3 is 2.73 bits per heavy atom. The lowest BCUT2D eigenvalue weighted by atomic mass is 9.77. The van der Waals surface area contributed by atoms with Crippen LogP contribution in [-0.4, -0.2) is 0 Å². The van der Waals surface area contributed by atoms with Crippen LogP contribution in [0, 0.1) is 11.7 Å². The predicted octanol–water partition coefficient (Wildman–Crippen LogP) is 6.18. The topological polar surface area (TPSA) is 12.0 Å². The summed E-state index contributed by atoms with van der Waals surface area (Å²) < 4.78 is 16.3. The quantitative estimate of drug-likeness (QED) is 0.541. The number of fused-ring (bicyclic) bond motifs is 3. The van der Waals surface area contributed by atoms with Gasteiger partial charge in [0.25, 0.3) is 0 Å². The van der Waals surface area contributed by atoms with Gasteiger partial charge in [-0.15, -0.1) is 0 Å². The van der Waals surface area contributed by atoms with Crippen LogP contribution in [0.4, 0.5) is 10.1 Å². The van der Waals surface area contributed by atoms with E-state index in [1.54, 1.807) is 0 Å². The van der Waals surface area contributed by atoms with Crippen LogP contribution in [-0.2, 0) is 0 Å². The summed E-state index contributed by atoms with van der Waals surface area (Å²) in [6.07, 6.45) is 5.45. The highest BCUT2D eigenvalue weighted by molar-refractivity contribution is 9.10. The molecule has 2 aromatic carbocycles. The molecule has 4 rings (SSSR count). The second-order valence-corrected chi connectivity index (χ2v) is 7.62. The molecule has 0 amide bonds. The Balaban J connectivity index is 1.86. The molecule has 3 atom stereocenters. The number of hydrogen-bond acceptors (Lipinski definition) is 1. The van der Waals surface area contributed by atoms with E-state index in [9.17, 15) is 4.39 Å². The first-order valence-electron chi connectivity index (χ1n) is 7.31. The van der Waals surface area contributed by atoms with Crippen LogP contribution in [0.3, 0.4) is 0 Å². The van der Waals surface area contributed by atoms with E-state index in [1.165, 1.54) is 11.6 Å². The van der Waals surface area contributed by atoms with Crippen LogP contribution in [0.5, 0.6) is 0 Å². The first-order chi connectivity index (χ1) is 10.6. The van der Waals surface area contributed by atoms with Gasteiger partial charge in [0, 0.05) is 14.9 Å². The van der Waals surface area contributed by atoms with Gasteiger partial charge in [0.2, 0.25) is 0 Å². The summed E-state index contributed by atoms with van der Waals surface area (Å²) >= 11 is 7.05. The van der Waals surface area contributed by atoms with E-state index >= 15 is 0 Å². The van der Waals surface area contributed by atoms with Gasteiger partial charge in [0.05, 0.1) is 11.7 Å². The van der Waals surface area contributed by atoms with Gasteiger partial charge in [-0.2, -0.15) is 0 Å². The van der Waals surface area contributed by atoms with E-state index in [4.69, 9.17) is 0 Å². The lowest BCUT2D eigenvalue weighted by Gasteiger charge is -2.38. The van der Waals surface area contributed by atoms with Gasteiger partial charge >= 0.3 is 0 Å². The highest BCUT2D eigenvalue weighted by Crippen LogP contribution is 2.51. The van der Waals surface area contributed by atoms with Crippen molar-refractivity contribution in [3.63, 3.8) is 0 Å². The van der Waals surface area contributed by atoms with Crippen molar-refractivity contribution >= 4 is 37.5 Å². The minimum Gasteiger partial charge on any atom is -0.375 e. The summed E-state index contributed by atoms with van der Waals surface area (Å²) in [6.45, 7) is 0. The van der Waals surface area contributed by atoms with Gasteiger partial charge in [-0.25, -0.2) is 4.39 Å². The molecule has 22 heavy (non-hydrogen) atoms. The van der Waals surface area contributed by atoms with E-state index in [0.717, 1.165) is 20.9 Å². The van der Waals surface area contributed by atoms with Gasteiger partial charge in [-0.05, 0) is 41.7 Å².